The van der Waals surface area contributed by atoms with Crippen LogP contribution in [-0.4, -0.2) is 4.98 Å². The lowest BCUT2D eigenvalue weighted by Crippen LogP contribution is -1.94. The van der Waals surface area contributed by atoms with E-state index in [0.717, 1.165) is 5.56 Å². The lowest BCUT2D eigenvalue weighted by Gasteiger charge is -2.20. The van der Waals surface area contributed by atoms with Crippen molar-refractivity contribution in [3.05, 3.63) is 163 Å². The first-order chi connectivity index (χ1) is 22.1. The van der Waals surface area contributed by atoms with Crippen molar-refractivity contribution >= 4 is 32.3 Å². The average molecular weight is 576 g/mol. The maximum atomic E-state index is 4.41. The van der Waals surface area contributed by atoms with Gasteiger partial charge in [0.2, 0.25) is 0 Å². The van der Waals surface area contributed by atoms with Crippen LogP contribution < -0.4 is 0 Å². The van der Waals surface area contributed by atoms with Gasteiger partial charge in [0.25, 0.3) is 0 Å². The predicted octanol–water partition coefficient (Wildman–Crippen LogP) is 12.1. The standard InChI is InChI=1S/C44H33N/c1-28-25-33(27-45-26-28)31-19-21-32(22-20-31)43-36-15-6-8-17-38(36)44(39-18-9-7-16-37(39)43)41-24-23-40(34-13-4-5-14-35(34)41)42-29(2)11-10-12-30(42)3/h4-27H,1-3H3. The number of hydrogen-bond donors (Lipinski definition) is 0. The van der Waals surface area contributed by atoms with Crippen LogP contribution in [0.15, 0.2) is 146 Å². The van der Waals surface area contributed by atoms with Crippen LogP contribution in [0.2, 0.25) is 0 Å². The van der Waals surface area contributed by atoms with Crippen molar-refractivity contribution in [1.29, 1.82) is 0 Å². The van der Waals surface area contributed by atoms with Crippen LogP contribution >= 0.6 is 0 Å². The van der Waals surface area contributed by atoms with Gasteiger partial charge < -0.3 is 0 Å². The van der Waals surface area contributed by atoms with Gasteiger partial charge in [-0.2, -0.15) is 0 Å². The lowest BCUT2D eigenvalue weighted by atomic mass is 9.83. The van der Waals surface area contributed by atoms with Crippen LogP contribution in [0.25, 0.3) is 76.8 Å². The quantitative estimate of drug-likeness (QED) is 0.190. The maximum absolute atomic E-state index is 4.41. The van der Waals surface area contributed by atoms with Crippen molar-refractivity contribution < 1.29 is 0 Å². The molecule has 0 unspecified atom stereocenters. The Labute approximate surface area is 264 Å². The largest absolute Gasteiger partial charge is 0.264 e. The second-order valence-electron chi connectivity index (χ2n) is 12.1. The molecule has 1 nitrogen and oxygen atoms in total. The van der Waals surface area contributed by atoms with E-state index < -0.39 is 0 Å². The fourth-order valence-electron chi connectivity index (χ4n) is 7.25. The third-order valence-electron chi connectivity index (χ3n) is 9.26. The molecular weight excluding hydrogens is 542 g/mol. The Hall–Kier alpha value is -5.53. The summed E-state index contributed by atoms with van der Waals surface area (Å²) in [5, 5.41) is 7.62. The van der Waals surface area contributed by atoms with E-state index in [1.54, 1.807) is 0 Å². The summed E-state index contributed by atoms with van der Waals surface area (Å²) in [6.45, 7) is 6.52. The van der Waals surface area contributed by atoms with Crippen molar-refractivity contribution in [3.8, 4) is 44.5 Å². The van der Waals surface area contributed by atoms with E-state index in [-0.39, 0.29) is 0 Å². The van der Waals surface area contributed by atoms with E-state index in [2.05, 4.69) is 159 Å². The minimum atomic E-state index is 1.14. The molecule has 0 aliphatic rings. The Bertz CT molecular complexity index is 2320. The molecule has 7 aromatic carbocycles. The Kier molecular flexibility index (Phi) is 6.54. The van der Waals surface area contributed by atoms with Crippen LogP contribution in [0.1, 0.15) is 16.7 Å². The van der Waals surface area contributed by atoms with E-state index in [1.807, 2.05) is 12.4 Å². The van der Waals surface area contributed by atoms with Crippen molar-refractivity contribution in [1.82, 2.24) is 4.98 Å². The topological polar surface area (TPSA) is 12.9 Å². The van der Waals surface area contributed by atoms with E-state index >= 15 is 0 Å². The number of fused-ring (bicyclic) bond motifs is 3. The molecule has 1 aromatic heterocycles. The summed E-state index contributed by atoms with van der Waals surface area (Å²) in [5.41, 5.74) is 13.8. The van der Waals surface area contributed by atoms with E-state index in [4.69, 9.17) is 0 Å². The van der Waals surface area contributed by atoms with Crippen LogP contribution in [0.3, 0.4) is 0 Å². The van der Waals surface area contributed by atoms with Crippen LogP contribution in [0, 0.1) is 20.8 Å². The highest BCUT2D eigenvalue weighted by atomic mass is 14.6. The molecule has 0 N–H and O–H groups in total. The summed E-state index contributed by atoms with van der Waals surface area (Å²) in [7, 11) is 0. The van der Waals surface area contributed by atoms with Crippen molar-refractivity contribution in [3.63, 3.8) is 0 Å². The van der Waals surface area contributed by atoms with Crippen LogP contribution in [0.4, 0.5) is 0 Å². The van der Waals surface area contributed by atoms with Gasteiger partial charge in [0, 0.05) is 18.0 Å². The molecule has 0 fully saturated rings. The van der Waals surface area contributed by atoms with Crippen molar-refractivity contribution in [2.24, 2.45) is 0 Å². The monoisotopic (exact) mass is 575 g/mol. The molecule has 0 amide bonds. The molecule has 0 atom stereocenters. The van der Waals surface area contributed by atoms with E-state index in [0.29, 0.717) is 0 Å². The summed E-state index contributed by atoms with van der Waals surface area (Å²) in [4.78, 5) is 4.41. The minimum Gasteiger partial charge on any atom is -0.264 e. The first-order valence-electron chi connectivity index (χ1n) is 15.6. The lowest BCUT2D eigenvalue weighted by molar-refractivity contribution is 1.27. The minimum absolute atomic E-state index is 1.14. The number of hydrogen-bond acceptors (Lipinski definition) is 1. The Morgan fingerprint density at radius 1 is 0.356 bits per heavy atom. The fraction of sp³-hybridized carbons (Fsp3) is 0.0682. The second-order valence-corrected chi connectivity index (χ2v) is 12.1. The third kappa shape index (κ3) is 4.51. The van der Waals surface area contributed by atoms with Gasteiger partial charge in [-0.15, -0.1) is 0 Å². The van der Waals surface area contributed by atoms with Crippen molar-refractivity contribution in [2.45, 2.75) is 20.8 Å². The number of nitrogens with zero attached hydrogens (tertiary/aromatic N) is 1. The van der Waals surface area contributed by atoms with Gasteiger partial charge >= 0.3 is 0 Å². The normalized spacial score (nSPS) is 11.4. The van der Waals surface area contributed by atoms with Gasteiger partial charge in [-0.25, -0.2) is 0 Å². The third-order valence-corrected chi connectivity index (χ3v) is 9.26. The Balaban J connectivity index is 1.39. The maximum Gasteiger partial charge on any atom is 0.0346 e. The highest BCUT2D eigenvalue weighted by Crippen LogP contribution is 2.47. The molecule has 0 bridgehead atoms. The molecule has 0 aliphatic carbocycles. The van der Waals surface area contributed by atoms with Gasteiger partial charge in [0.1, 0.15) is 0 Å². The van der Waals surface area contributed by atoms with Gasteiger partial charge in [0.15, 0.2) is 0 Å². The number of aryl methyl sites for hydroxylation is 3. The van der Waals surface area contributed by atoms with Gasteiger partial charge in [-0.3, -0.25) is 4.98 Å². The second kappa shape index (κ2) is 10.9. The van der Waals surface area contributed by atoms with Gasteiger partial charge in [-0.1, -0.05) is 127 Å². The Morgan fingerprint density at radius 2 is 0.822 bits per heavy atom. The SMILES string of the molecule is Cc1cncc(-c2ccc(-c3c4ccccc4c(-c4ccc(-c5c(C)cccc5C)c5ccccc45)c4ccccc34)cc2)c1. The molecule has 1 heteroatoms. The summed E-state index contributed by atoms with van der Waals surface area (Å²) in [6.07, 6.45) is 3.84. The summed E-state index contributed by atoms with van der Waals surface area (Å²) >= 11 is 0. The molecule has 214 valence electrons. The number of rotatable bonds is 4. The zero-order chi connectivity index (χ0) is 30.5. The van der Waals surface area contributed by atoms with Crippen molar-refractivity contribution in [2.75, 3.05) is 0 Å². The fourth-order valence-corrected chi connectivity index (χ4v) is 7.25. The first kappa shape index (κ1) is 27.0. The molecule has 45 heavy (non-hydrogen) atoms. The summed E-state index contributed by atoms with van der Waals surface area (Å²) in [6, 6.07) is 49.2. The van der Waals surface area contributed by atoms with Gasteiger partial charge in [-0.05, 0) is 115 Å². The molecule has 8 aromatic rings. The summed E-state index contributed by atoms with van der Waals surface area (Å²) < 4.78 is 0. The molecular formula is C44H33N. The molecule has 0 spiro atoms. The number of benzene rings is 7. The molecule has 8 rings (SSSR count). The zero-order valence-corrected chi connectivity index (χ0v) is 25.8. The van der Waals surface area contributed by atoms with Crippen LogP contribution in [-0.2, 0) is 0 Å². The average Bonchev–Trinajstić information content (AvgIpc) is 3.07. The molecule has 0 radical (unpaired) electrons. The molecule has 0 saturated heterocycles. The van der Waals surface area contributed by atoms with Crippen LogP contribution in [0.5, 0.6) is 0 Å². The highest BCUT2D eigenvalue weighted by Gasteiger charge is 2.19. The summed E-state index contributed by atoms with van der Waals surface area (Å²) in [5.74, 6) is 0. The number of pyridine rings is 1. The highest BCUT2D eigenvalue weighted by molar-refractivity contribution is 6.24. The molecule has 0 aliphatic heterocycles. The first-order valence-corrected chi connectivity index (χ1v) is 15.6. The zero-order valence-electron chi connectivity index (χ0n) is 25.8. The molecule has 0 saturated carbocycles. The van der Waals surface area contributed by atoms with E-state index in [1.165, 1.54) is 88.0 Å². The number of aromatic nitrogens is 1. The van der Waals surface area contributed by atoms with Gasteiger partial charge in [0.05, 0.1) is 0 Å². The smallest absolute Gasteiger partial charge is 0.0346 e. The molecule has 1 heterocycles. The predicted molar refractivity (Wildman–Crippen MR) is 193 cm³/mol. The van der Waals surface area contributed by atoms with E-state index in [9.17, 15) is 0 Å². The Morgan fingerprint density at radius 3 is 1.36 bits per heavy atom.